The van der Waals surface area contributed by atoms with E-state index < -0.39 is 0 Å². The number of aryl methyl sites for hydroxylation is 1. The Balaban J connectivity index is 2.18. The van der Waals surface area contributed by atoms with Crippen LogP contribution in [0.4, 0.5) is 0 Å². The molecule has 0 aromatic heterocycles. The van der Waals surface area contributed by atoms with Gasteiger partial charge in [-0.1, -0.05) is 60.5 Å². The minimum atomic E-state index is -0.0942. The molecule has 1 atom stereocenters. The van der Waals surface area contributed by atoms with Crippen LogP contribution in [0.25, 0.3) is 0 Å². The molecule has 0 heterocycles. The van der Waals surface area contributed by atoms with Gasteiger partial charge in [-0.25, -0.2) is 0 Å². The average Bonchev–Trinajstić information content (AvgIpc) is 2.43. The number of hydrogen-bond donors (Lipinski definition) is 1. The molecular weight excluding hydrogens is 277 g/mol. The second-order valence-electron chi connectivity index (χ2n) is 4.61. The third kappa shape index (κ3) is 3.50. The highest BCUT2D eigenvalue weighted by Gasteiger charge is 2.12. The number of nitrogens with two attached hydrogens (primary N) is 1. The predicted octanol–water partition coefficient (Wildman–Crippen LogP) is 4.80. The maximum atomic E-state index is 6.24. The summed E-state index contributed by atoms with van der Waals surface area (Å²) in [6.45, 7) is 2.14. The van der Waals surface area contributed by atoms with Crippen LogP contribution in [0.5, 0.6) is 0 Å². The first-order chi connectivity index (χ1) is 9.11. The van der Waals surface area contributed by atoms with E-state index in [4.69, 9.17) is 28.9 Å². The molecule has 0 radical (unpaired) electrons. The lowest BCUT2D eigenvalue weighted by molar-refractivity contribution is 0.721. The molecule has 100 valence electrons. The van der Waals surface area contributed by atoms with E-state index in [0.29, 0.717) is 16.5 Å². The highest BCUT2D eigenvalue weighted by molar-refractivity contribution is 6.36. The molecule has 0 fully saturated rings. The van der Waals surface area contributed by atoms with Gasteiger partial charge in [-0.2, -0.15) is 0 Å². The molecule has 0 aliphatic heterocycles. The van der Waals surface area contributed by atoms with Gasteiger partial charge in [-0.15, -0.1) is 0 Å². The Bertz CT molecular complexity index is 529. The van der Waals surface area contributed by atoms with Crippen LogP contribution in [0.1, 0.15) is 29.7 Å². The topological polar surface area (TPSA) is 26.0 Å². The van der Waals surface area contributed by atoms with Crippen LogP contribution < -0.4 is 5.73 Å². The summed E-state index contributed by atoms with van der Waals surface area (Å²) >= 11 is 12.3. The zero-order valence-corrected chi connectivity index (χ0v) is 12.4. The fourth-order valence-electron chi connectivity index (χ4n) is 2.07. The van der Waals surface area contributed by atoms with E-state index in [9.17, 15) is 0 Å². The van der Waals surface area contributed by atoms with Crippen molar-refractivity contribution in [1.29, 1.82) is 0 Å². The molecule has 2 N–H and O–H groups in total. The Morgan fingerprint density at radius 3 is 2.11 bits per heavy atom. The molecule has 1 unspecified atom stereocenters. The summed E-state index contributed by atoms with van der Waals surface area (Å²) in [6, 6.07) is 13.8. The molecule has 3 heteroatoms. The first-order valence-electron chi connectivity index (χ1n) is 6.39. The van der Waals surface area contributed by atoms with E-state index in [-0.39, 0.29) is 6.04 Å². The van der Waals surface area contributed by atoms with Gasteiger partial charge in [0, 0.05) is 16.1 Å². The van der Waals surface area contributed by atoms with Gasteiger partial charge >= 0.3 is 0 Å². The van der Waals surface area contributed by atoms with Crippen molar-refractivity contribution in [1.82, 2.24) is 0 Å². The largest absolute Gasteiger partial charge is 0.324 e. The molecule has 0 amide bonds. The van der Waals surface area contributed by atoms with E-state index in [2.05, 4.69) is 31.2 Å². The van der Waals surface area contributed by atoms with Crippen molar-refractivity contribution in [2.24, 2.45) is 5.73 Å². The van der Waals surface area contributed by atoms with Crippen LogP contribution in [-0.2, 0) is 12.8 Å². The monoisotopic (exact) mass is 293 g/mol. The minimum absolute atomic E-state index is 0.0942. The van der Waals surface area contributed by atoms with Crippen molar-refractivity contribution < 1.29 is 0 Å². The summed E-state index contributed by atoms with van der Waals surface area (Å²) in [6.07, 6.45) is 1.68. The lowest BCUT2D eigenvalue weighted by atomic mass is 9.98. The summed E-state index contributed by atoms with van der Waals surface area (Å²) in [7, 11) is 0. The van der Waals surface area contributed by atoms with Gasteiger partial charge in [0.25, 0.3) is 0 Å². The molecule has 2 aromatic rings. The van der Waals surface area contributed by atoms with Gasteiger partial charge in [0.1, 0.15) is 0 Å². The Hall–Kier alpha value is -1.02. The van der Waals surface area contributed by atoms with E-state index in [1.165, 1.54) is 5.56 Å². The van der Waals surface area contributed by atoms with Crippen molar-refractivity contribution in [2.45, 2.75) is 25.8 Å². The summed E-state index contributed by atoms with van der Waals surface area (Å²) in [5.74, 6) is 0. The highest BCUT2D eigenvalue weighted by Crippen LogP contribution is 2.28. The van der Waals surface area contributed by atoms with Gasteiger partial charge in [0.2, 0.25) is 0 Å². The molecule has 19 heavy (non-hydrogen) atoms. The van der Waals surface area contributed by atoms with Crippen LogP contribution >= 0.6 is 23.2 Å². The molecule has 0 aliphatic carbocycles. The molecule has 0 aliphatic rings. The maximum absolute atomic E-state index is 6.24. The normalized spacial score (nSPS) is 12.4. The lowest BCUT2D eigenvalue weighted by Crippen LogP contribution is -2.13. The Morgan fingerprint density at radius 1 is 1.00 bits per heavy atom. The van der Waals surface area contributed by atoms with Crippen molar-refractivity contribution in [2.75, 3.05) is 0 Å². The number of halogens is 2. The maximum Gasteiger partial charge on any atom is 0.0453 e. The van der Waals surface area contributed by atoms with Crippen LogP contribution in [0.3, 0.4) is 0 Å². The molecule has 2 aromatic carbocycles. The second kappa shape index (κ2) is 6.42. The third-order valence-corrected chi connectivity index (χ3v) is 4.01. The summed E-state index contributed by atoms with van der Waals surface area (Å²) < 4.78 is 0. The fraction of sp³-hybridized carbons (Fsp3) is 0.250. The van der Waals surface area contributed by atoms with Gasteiger partial charge in [-0.05, 0) is 41.7 Å². The zero-order valence-electron chi connectivity index (χ0n) is 10.9. The SMILES string of the molecule is CCc1ccc(C(N)Cc2c(Cl)cccc2Cl)cc1. The standard InChI is InChI=1S/C16H17Cl2N/c1-2-11-6-8-12(9-7-11)16(19)10-13-14(17)4-3-5-15(13)18/h3-9,16H,2,10,19H2,1H3. The third-order valence-electron chi connectivity index (χ3n) is 3.30. The first kappa shape index (κ1) is 14.4. The smallest absolute Gasteiger partial charge is 0.0453 e. The molecular formula is C16H17Cl2N. The molecule has 0 saturated carbocycles. The van der Waals surface area contributed by atoms with Crippen molar-refractivity contribution in [3.8, 4) is 0 Å². The predicted molar refractivity (Wildman–Crippen MR) is 82.9 cm³/mol. The zero-order chi connectivity index (χ0) is 13.8. The first-order valence-corrected chi connectivity index (χ1v) is 7.14. The Labute approximate surface area is 124 Å². The molecule has 1 nitrogen and oxygen atoms in total. The number of benzene rings is 2. The molecule has 2 rings (SSSR count). The van der Waals surface area contributed by atoms with E-state index >= 15 is 0 Å². The summed E-state index contributed by atoms with van der Waals surface area (Å²) in [5.41, 5.74) is 9.57. The summed E-state index contributed by atoms with van der Waals surface area (Å²) in [5, 5.41) is 1.35. The van der Waals surface area contributed by atoms with Crippen LogP contribution in [0, 0.1) is 0 Å². The fourth-order valence-corrected chi connectivity index (χ4v) is 2.62. The minimum Gasteiger partial charge on any atom is -0.324 e. The summed E-state index contributed by atoms with van der Waals surface area (Å²) in [4.78, 5) is 0. The average molecular weight is 294 g/mol. The van der Waals surface area contributed by atoms with Gasteiger partial charge in [0.15, 0.2) is 0 Å². The van der Waals surface area contributed by atoms with Gasteiger partial charge in [0.05, 0.1) is 0 Å². The van der Waals surface area contributed by atoms with Gasteiger partial charge in [-0.3, -0.25) is 0 Å². The second-order valence-corrected chi connectivity index (χ2v) is 5.42. The number of rotatable bonds is 4. The van der Waals surface area contributed by atoms with E-state index in [0.717, 1.165) is 17.5 Å². The Kier molecular flexibility index (Phi) is 4.87. The van der Waals surface area contributed by atoms with Crippen molar-refractivity contribution >= 4 is 23.2 Å². The highest BCUT2D eigenvalue weighted by atomic mass is 35.5. The van der Waals surface area contributed by atoms with Crippen LogP contribution in [0.15, 0.2) is 42.5 Å². The van der Waals surface area contributed by atoms with E-state index in [1.807, 2.05) is 18.2 Å². The van der Waals surface area contributed by atoms with Gasteiger partial charge < -0.3 is 5.73 Å². The molecule has 0 saturated heterocycles. The lowest BCUT2D eigenvalue weighted by Gasteiger charge is -2.15. The number of hydrogen-bond acceptors (Lipinski definition) is 1. The van der Waals surface area contributed by atoms with Crippen LogP contribution in [0.2, 0.25) is 10.0 Å². The quantitative estimate of drug-likeness (QED) is 0.861. The van der Waals surface area contributed by atoms with Crippen molar-refractivity contribution in [3.05, 3.63) is 69.2 Å². The van der Waals surface area contributed by atoms with Crippen molar-refractivity contribution in [3.63, 3.8) is 0 Å². The van der Waals surface area contributed by atoms with E-state index in [1.54, 1.807) is 0 Å². The Morgan fingerprint density at radius 2 is 1.58 bits per heavy atom. The van der Waals surface area contributed by atoms with Crippen LogP contribution in [-0.4, -0.2) is 0 Å². The molecule has 0 spiro atoms. The molecule has 0 bridgehead atoms.